The highest BCUT2D eigenvalue weighted by atomic mass is 19.2. The first-order chi connectivity index (χ1) is 5.25. The third-order valence-electron chi connectivity index (χ3n) is 1.40. The molecule has 11 heavy (non-hydrogen) atoms. The molecule has 0 amide bonds. The van der Waals surface area contributed by atoms with Crippen LogP contribution in [0.5, 0.6) is 0 Å². The monoisotopic (exact) mass is 157 g/mol. The molecule has 0 saturated carbocycles. The molecule has 0 aromatic heterocycles. The molecule has 0 aliphatic carbocycles. The van der Waals surface area contributed by atoms with E-state index in [4.69, 9.17) is 0 Å². The summed E-state index contributed by atoms with van der Waals surface area (Å²) in [6.45, 7) is 0.351. The van der Waals surface area contributed by atoms with Gasteiger partial charge in [0.15, 0.2) is 11.6 Å². The van der Waals surface area contributed by atoms with Gasteiger partial charge in [0.2, 0.25) is 0 Å². The maximum atomic E-state index is 12.8. The Bertz CT molecular complexity index is 248. The van der Waals surface area contributed by atoms with Gasteiger partial charge in [-0.1, -0.05) is 12.1 Å². The van der Waals surface area contributed by atoms with Gasteiger partial charge in [-0.2, -0.15) is 0 Å². The molecule has 3 heteroatoms. The number of hydrogen-bond acceptors (Lipinski definition) is 1. The molecule has 1 N–H and O–H groups in total. The van der Waals surface area contributed by atoms with Crippen molar-refractivity contribution in [3.8, 4) is 0 Å². The Morgan fingerprint density at radius 1 is 1.36 bits per heavy atom. The lowest BCUT2D eigenvalue weighted by Crippen LogP contribution is -2.07. The quantitative estimate of drug-likeness (QED) is 0.688. The summed E-state index contributed by atoms with van der Waals surface area (Å²) in [6.07, 6.45) is 0. The van der Waals surface area contributed by atoms with Crippen LogP contribution in [-0.4, -0.2) is 7.05 Å². The largest absolute Gasteiger partial charge is 0.316 e. The van der Waals surface area contributed by atoms with Crippen molar-refractivity contribution in [3.05, 3.63) is 35.4 Å². The normalized spacial score (nSPS) is 10.1. The van der Waals surface area contributed by atoms with Crippen molar-refractivity contribution in [2.45, 2.75) is 6.54 Å². The highest BCUT2D eigenvalue weighted by Gasteiger charge is 2.04. The van der Waals surface area contributed by atoms with Gasteiger partial charge in [0.1, 0.15) is 0 Å². The Labute approximate surface area is 64.0 Å². The molecule has 0 atom stereocenters. The number of halogens is 2. The van der Waals surface area contributed by atoms with E-state index in [2.05, 4.69) is 5.32 Å². The summed E-state index contributed by atoms with van der Waals surface area (Å²) in [6, 6.07) is 4.15. The average molecular weight is 157 g/mol. The van der Waals surface area contributed by atoms with Crippen molar-refractivity contribution < 1.29 is 8.78 Å². The van der Waals surface area contributed by atoms with Crippen molar-refractivity contribution in [2.24, 2.45) is 0 Å². The molecule has 1 aromatic rings. The third kappa shape index (κ3) is 1.74. The van der Waals surface area contributed by atoms with Crippen molar-refractivity contribution in [2.75, 3.05) is 7.05 Å². The lowest BCUT2D eigenvalue weighted by Gasteiger charge is -2.01. The summed E-state index contributed by atoms with van der Waals surface area (Å²) in [4.78, 5) is 0. The summed E-state index contributed by atoms with van der Waals surface area (Å²) >= 11 is 0. The van der Waals surface area contributed by atoms with Crippen LogP contribution >= 0.6 is 0 Å². The van der Waals surface area contributed by atoms with Crippen LogP contribution in [0.1, 0.15) is 5.56 Å². The fourth-order valence-electron chi connectivity index (χ4n) is 0.875. The second-order valence-electron chi connectivity index (χ2n) is 2.24. The van der Waals surface area contributed by atoms with E-state index >= 15 is 0 Å². The van der Waals surface area contributed by atoms with Crippen LogP contribution in [0.4, 0.5) is 8.78 Å². The van der Waals surface area contributed by atoms with E-state index < -0.39 is 11.6 Å². The maximum absolute atomic E-state index is 12.8. The van der Waals surface area contributed by atoms with E-state index in [1.54, 1.807) is 13.1 Å². The molecule has 0 heterocycles. The summed E-state index contributed by atoms with van der Waals surface area (Å²) in [5.74, 6) is -1.56. The Kier molecular flexibility index (Phi) is 2.54. The summed E-state index contributed by atoms with van der Waals surface area (Å²) in [7, 11) is 1.68. The first kappa shape index (κ1) is 8.14. The first-order valence-corrected chi connectivity index (χ1v) is 3.33. The molecule has 60 valence electrons. The van der Waals surface area contributed by atoms with Crippen molar-refractivity contribution in [3.63, 3.8) is 0 Å². The van der Waals surface area contributed by atoms with Gasteiger partial charge in [0.25, 0.3) is 0 Å². The maximum Gasteiger partial charge on any atom is 0.163 e. The highest BCUT2D eigenvalue weighted by Crippen LogP contribution is 2.10. The second kappa shape index (κ2) is 3.44. The van der Waals surface area contributed by atoms with Crippen molar-refractivity contribution >= 4 is 0 Å². The van der Waals surface area contributed by atoms with Gasteiger partial charge in [-0.3, -0.25) is 0 Å². The Hall–Kier alpha value is -0.960. The van der Waals surface area contributed by atoms with Crippen LogP contribution in [0.15, 0.2) is 18.2 Å². The van der Waals surface area contributed by atoms with Gasteiger partial charge in [0, 0.05) is 12.1 Å². The molecule has 0 aliphatic heterocycles. The zero-order valence-electron chi connectivity index (χ0n) is 6.20. The molecule has 0 spiro atoms. The second-order valence-corrected chi connectivity index (χ2v) is 2.24. The van der Waals surface area contributed by atoms with Crippen LogP contribution < -0.4 is 5.32 Å². The fourth-order valence-corrected chi connectivity index (χ4v) is 0.875. The van der Waals surface area contributed by atoms with Crippen LogP contribution in [-0.2, 0) is 6.54 Å². The number of rotatable bonds is 2. The standard InChI is InChI=1S/C8H9F2N/c1-11-5-6-3-2-4-7(9)8(6)10/h2-4,11H,5H2,1H3. The summed E-state index contributed by atoms with van der Waals surface area (Å²) in [5.41, 5.74) is 0.354. The van der Waals surface area contributed by atoms with Crippen molar-refractivity contribution in [1.82, 2.24) is 5.32 Å². The molecule has 1 aromatic carbocycles. The molecular weight excluding hydrogens is 148 g/mol. The van der Waals surface area contributed by atoms with E-state index in [1.807, 2.05) is 0 Å². The molecule has 1 nitrogen and oxygen atoms in total. The molecule has 0 fully saturated rings. The highest BCUT2D eigenvalue weighted by molar-refractivity contribution is 5.18. The zero-order chi connectivity index (χ0) is 8.27. The van der Waals surface area contributed by atoms with Crippen LogP contribution in [0, 0.1) is 11.6 Å². The van der Waals surface area contributed by atoms with E-state index in [-0.39, 0.29) is 0 Å². The lowest BCUT2D eigenvalue weighted by atomic mass is 10.2. The van der Waals surface area contributed by atoms with E-state index in [9.17, 15) is 8.78 Å². The SMILES string of the molecule is CNCc1cccc(F)c1F. The minimum atomic E-state index is -0.794. The molecule has 0 saturated heterocycles. The van der Waals surface area contributed by atoms with Gasteiger partial charge in [0.05, 0.1) is 0 Å². The predicted molar refractivity (Wildman–Crippen MR) is 39.1 cm³/mol. The molecule has 0 aliphatic rings. The lowest BCUT2D eigenvalue weighted by molar-refractivity contribution is 0.496. The van der Waals surface area contributed by atoms with Crippen LogP contribution in [0.2, 0.25) is 0 Å². The van der Waals surface area contributed by atoms with Crippen molar-refractivity contribution in [1.29, 1.82) is 0 Å². The van der Waals surface area contributed by atoms with Gasteiger partial charge in [-0.05, 0) is 13.1 Å². The number of hydrogen-bond donors (Lipinski definition) is 1. The first-order valence-electron chi connectivity index (χ1n) is 3.33. The molecule has 1 rings (SSSR count). The minimum absolute atomic E-state index is 0.351. The Morgan fingerprint density at radius 2 is 2.09 bits per heavy atom. The van der Waals surface area contributed by atoms with E-state index in [0.717, 1.165) is 6.07 Å². The molecule has 0 radical (unpaired) electrons. The molecular formula is C8H9F2N. The molecule has 0 bridgehead atoms. The zero-order valence-corrected chi connectivity index (χ0v) is 6.20. The topological polar surface area (TPSA) is 12.0 Å². The van der Waals surface area contributed by atoms with E-state index in [0.29, 0.717) is 12.1 Å². The Morgan fingerprint density at radius 3 is 2.73 bits per heavy atom. The number of benzene rings is 1. The molecule has 0 unspecified atom stereocenters. The average Bonchev–Trinajstić information content (AvgIpc) is 1.99. The minimum Gasteiger partial charge on any atom is -0.316 e. The number of nitrogens with one attached hydrogen (secondary N) is 1. The van der Waals surface area contributed by atoms with Gasteiger partial charge < -0.3 is 5.32 Å². The summed E-state index contributed by atoms with van der Waals surface area (Å²) < 4.78 is 25.3. The van der Waals surface area contributed by atoms with Crippen LogP contribution in [0.3, 0.4) is 0 Å². The third-order valence-corrected chi connectivity index (χ3v) is 1.40. The fraction of sp³-hybridized carbons (Fsp3) is 0.250. The van der Waals surface area contributed by atoms with E-state index in [1.165, 1.54) is 6.07 Å². The van der Waals surface area contributed by atoms with Gasteiger partial charge >= 0.3 is 0 Å². The van der Waals surface area contributed by atoms with Gasteiger partial charge in [-0.15, -0.1) is 0 Å². The van der Waals surface area contributed by atoms with Gasteiger partial charge in [-0.25, -0.2) is 8.78 Å². The summed E-state index contributed by atoms with van der Waals surface area (Å²) in [5, 5.41) is 2.75. The smallest absolute Gasteiger partial charge is 0.163 e. The Balaban J connectivity index is 2.96. The van der Waals surface area contributed by atoms with Crippen LogP contribution in [0.25, 0.3) is 0 Å². The predicted octanol–water partition coefficient (Wildman–Crippen LogP) is 1.68.